The van der Waals surface area contributed by atoms with Crippen molar-refractivity contribution in [3.8, 4) is 0 Å². The third kappa shape index (κ3) is 4.58. The molecule has 0 aromatic heterocycles. The second kappa shape index (κ2) is 5.98. The monoisotopic (exact) mass is 200 g/mol. The fraction of sp³-hybridized carbons (Fsp3) is 0.900. The van der Waals surface area contributed by atoms with Gasteiger partial charge >= 0.3 is 0 Å². The Labute approximate surface area is 85.4 Å². The number of hydrogen-bond acceptors (Lipinski definition) is 3. The minimum absolute atomic E-state index is 0.0502. The number of rotatable bonds is 5. The maximum absolute atomic E-state index is 11.3. The molecule has 0 radical (unpaired) electrons. The van der Waals surface area contributed by atoms with Gasteiger partial charge in [-0.2, -0.15) is 0 Å². The second-order valence-electron chi connectivity index (χ2n) is 3.97. The van der Waals surface area contributed by atoms with Crippen molar-refractivity contribution in [2.75, 3.05) is 19.7 Å². The average molecular weight is 200 g/mol. The Morgan fingerprint density at radius 1 is 1.57 bits per heavy atom. The van der Waals surface area contributed by atoms with E-state index in [1.165, 1.54) is 0 Å². The Morgan fingerprint density at radius 2 is 2.36 bits per heavy atom. The van der Waals surface area contributed by atoms with Crippen molar-refractivity contribution in [2.24, 2.45) is 0 Å². The van der Waals surface area contributed by atoms with Crippen LogP contribution in [0.3, 0.4) is 0 Å². The maximum Gasteiger partial charge on any atom is 0.234 e. The molecule has 1 aliphatic rings. The zero-order chi connectivity index (χ0) is 10.4. The van der Waals surface area contributed by atoms with Gasteiger partial charge < -0.3 is 15.4 Å². The Hall–Kier alpha value is -0.610. The smallest absolute Gasteiger partial charge is 0.234 e. The Bertz CT molecular complexity index is 177. The van der Waals surface area contributed by atoms with E-state index >= 15 is 0 Å². The quantitative estimate of drug-likeness (QED) is 0.670. The summed E-state index contributed by atoms with van der Waals surface area (Å²) < 4.78 is 5.39. The first-order valence-electron chi connectivity index (χ1n) is 5.30. The van der Waals surface area contributed by atoms with Crippen molar-refractivity contribution in [1.29, 1.82) is 0 Å². The van der Waals surface area contributed by atoms with Gasteiger partial charge in [-0.15, -0.1) is 0 Å². The summed E-state index contributed by atoms with van der Waals surface area (Å²) in [6.07, 6.45) is 2.42. The SMILES string of the molecule is CC(C)NCC(=O)NC[C@@H]1CCCO1. The molecule has 1 rings (SSSR count). The van der Waals surface area contributed by atoms with Crippen LogP contribution in [0.1, 0.15) is 26.7 Å². The molecule has 1 heterocycles. The lowest BCUT2D eigenvalue weighted by atomic mass is 10.2. The zero-order valence-electron chi connectivity index (χ0n) is 9.01. The van der Waals surface area contributed by atoms with Crippen LogP contribution in [0.15, 0.2) is 0 Å². The first-order chi connectivity index (χ1) is 6.68. The normalized spacial score (nSPS) is 21.5. The Morgan fingerprint density at radius 3 is 2.93 bits per heavy atom. The molecular formula is C10H20N2O2. The summed E-state index contributed by atoms with van der Waals surface area (Å²) >= 11 is 0. The predicted octanol–water partition coefficient (Wildman–Crippen LogP) is 0.280. The molecule has 1 aliphatic heterocycles. The molecule has 1 fully saturated rings. The molecule has 0 saturated carbocycles. The van der Waals surface area contributed by atoms with E-state index in [4.69, 9.17) is 4.74 Å². The third-order valence-corrected chi connectivity index (χ3v) is 2.22. The average Bonchev–Trinajstić information content (AvgIpc) is 2.63. The molecule has 4 nitrogen and oxygen atoms in total. The predicted molar refractivity (Wildman–Crippen MR) is 55.1 cm³/mol. The highest BCUT2D eigenvalue weighted by Gasteiger charge is 2.15. The molecule has 1 atom stereocenters. The van der Waals surface area contributed by atoms with E-state index in [2.05, 4.69) is 10.6 Å². The van der Waals surface area contributed by atoms with Crippen LogP contribution < -0.4 is 10.6 Å². The lowest BCUT2D eigenvalue weighted by Crippen LogP contribution is -2.39. The summed E-state index contributed by atoms with van der Waals surface area (Å²) in [7, 11) is 0. The minimum atomic E-state index is 0.0502. The highest BCUT2D eigenvalue weighted by atomic mass is 16.5. The highest BCUT2D eigenvalue weighted by molar-refractivity contribution is 5.78. The fourth-order valence-corrected chi connectivity index (χ4v) is 1.39. The lowest BCUT2D eigenvalue weighted by molar-refractivity contribution is -0.120. The van der Waals surface area contributed by atoms with Crippen LogP contribution in [0.5, 0.6) is 0 Å². The second-order valence-corrected chi connectivity index (χ2v) is 3.97. The summed E-state index contributed by atoms with van der Waals surface area (Å²) in [4.78, 5) is 11.3. The van der Waals surface area contributed by atoms with E-state index in [-0.39, 0.29) is 12.0 Å². The molecule has 4 heteroatoms. The van der Waals surface area contributed by atoms with Crippen molar-refractivity contribution in [2.45, 2.75) is 38.8 Å². The van der Waals surface area contributed by atoms with Crippen LogP contribution >= 0.6 is 0 Å². The molecule has 2 N–H and O–H groups in total. The van der Waals surface area contributed by atoms with E-state index in [0.717, 1.165) is 19.4 Å². The van der Waals surface area contributed by atoms with Gasteiger partial charge in [-0.05, 0) is 12.8 Å². The van der Waals surface area contributed by atoms with Crippen LogP contribution in [0, 0.1) is 0 Å². The Balaban J connectivity index is 2.02. The van der Waals surface area contributed by atoms with Crippen LogP contribution in [0.2, 0.25) is 0 Å². The summed E-state index contributed by atoms with van der Waals surface area (Å²) in [5.41, 5.74) is 0. The van der Waals surface area contributed by atoms with Crippen LogP contribution in [0.4, 0.5) is 0 Å². The molecule has 0 aromatic rings. The third-order valence-electron chi connectivity index (χ3n) is 2.22. The molecule has 1 saturated heterocycles. The molecule has 0 aromatic carbocycles. The first kappa shape index (κ1) is 11.5. The molecule has 0 aliphatic carbocycles. The summed E-state index contributed by atoms with van der Waals surface area (Å²) in [5, 5.41) is 5.92. The topological polar surface area (TPSA) is 50.4 Å². The summed E-state index contributed by atoms with van der Waals surface area (Å²) in [5.74, 6) is 0.0502. The van der Waals surface area contributed by atoms with Gasteiger partial charge in [0.05, 0.1) is 12.6 Å². The van der Waals surface area contributed by atoms with Crippen molar-refractivity contribution >= 4 is 5.91 Å². The van der Waals surface area contributed by atoms with Gasteiger partial charge in [-0.3, -0.25) is 4.79 Å². The molecule has 1 amide bonds. The number of carbonyl (C=O) groups is 1. The molecule has 14 heavy (non-hydrogen) atoms. The van der Waals surface area contributed by atoms with Gasteiger partial charge in [-0.1, -0.05) is 13.8 Å². The molecule has 82 valence electrons. The van der Waals surface area contributed by atoms with E-state index in [1.807, 2.05) is 13.8 Å². The van der Waals surface area contributed by atoms with E-state index in [9.17, 15) is 4.79 Å². The van der Waals surface area contributed by atoms with Crippen molar-refractivity contribution in [3.05, 3.63) is 0 Å². The van der Waals surface area contributed by atoms with Crippen LogP contribution in [-0.2, 0) is 9.53 Å². The number of carbonyl (C=O) groups excluding carboxylic acids is 1. The highest BCUT2D eigenvalue weighted by Crippen LogP contribution is 2.10. The van der Waals surface area contributed by atoms with Gasteiger partial charge in [0.2, 0.25) is 5.91 Å². The molecule has 0 spiro atoms. The lowest BCUT2D eigenvalue weighted by Gasteiger charge is -2.12. The molecule has 0 unspecified atom stereocenters. The number of amides is 1. The Kier molecular flexibility index (Phi) is 4.90. The summed E-state index contributed by atoms with van der Waals surface area (Å²) in [6, 6.07) is 0.350. The molecular weight excluding hydrogens is 180 g/mol. The van der Waals surface area contributed by atoms with Crippen molar-refractivity contribution < 1.29 is 9.53 Å². The number of hydrogen-bond donors (Lipinski definition) is 2. The van der Waals surface area contributed by atoms with Gasteiger partial charge in [-0.25, -0.2) is 0 Å². The minimum Gasteiger partial charge on any atom is -0.376 e. The van der Waals surface area contributed by atoms with E-state index in [1.54, 1.807) is 0 Å². The van der Waals surface area contributed by atoms with Gasteiger partial charge in [0, 0.05) is 19.2 Å². The standard InChI is InChI=1S/C10H20N2O2/c1-8(2)11-7-10(13)12-6-9-4-3-5-14-9/h8-9,11H,3-7H2,1-2H3,(H,12,13)/t9-/m0/s1. The van der Waals surface area contributed by atoms with Crippen molar-refractivity contribution in [3.63, 3.8) is 0 Å². The van der Waals surface area contributed by atoms with Crippen molar-refractivity contribution in [1.82, 2.24) is 10.6 Å². The van der Waals surface area contributed by atoms with Crippen LogP contribution in [0.25, 0.3) is 0 Å². The maximum atomic E-state index is 11.3. The first-order valence-corrected chi connectivity index (χ1v) is 5.30. The summed E-state index contributed by atoms with van der Waals surface area (Å²) in [6.45, 7) is 5.93. The number of ether oxygens (including phenoxy) is 1. The zero-order valence-corrected chi connectivity index (χ0v) is 9.01. The largest absolute Gasteiger partial charge is 0.376 e. The van der Waals surface area contributed by atoms with Gasteiger partial charge in [0.15, 0.2) is 0 Å². The van der Waals surface area contributed by atoms with E-state index < -0.39 is 0 Å². The van der Waals surface area contributed by atoms with Crippen LogP contribution in [-0.4, -0.2) is 37.7 Å². The van der Waals surface area contributed by atoms with Gasteiger partial charge in [0.25, 0.3) is 0 Å². The van der Waals surface area contributed by atoms with Gasteiger partial charge in [0.1, 0.15) is 0 Å². The molecule has 0 bridgehead atoms. The number of nitrogens with one attached hydrogen (secondary N) is 2. The van der Waals surface area contributed by atoms with E-state index in [0.29, 0.717) is 19.1 Å². The fourth-order valence-electron chi connectivity index (χ4n) is 1.39.